The Hall–Kier alpha value is -3.23. The molecule has 0 aliphatic carbocycles. The van der Waals surface area contributed by atoms with Crippen LogP contribution in [0, 0.1) is 0 Å². The van der Waals surface area contributed by atoms with Crippen molar-refractivity contribution in [1.29, 1.82) is 0 Å². The minimum atomic E-state index is -4.48. The molecule has 0 spiro atoms. The number of hydrogen-bond donors (Lipinski definition) is 0. The van der Waals surface area contributed by atoms with Gasteiger partial charge in [0, 0.05) is 42.5 Å². The maximum atomic E-state index is 12.9. The Labute approximate surface area is 164 Å². The largest absolute Gasteiger partial charge is 0.416 e. The van der Waals surface area contributed by atoms with Gasteiger partial charge in [0.1, 0.15) is 0 Å². The number of benzene rings is 1. The number of pyridine rings is 1. The van der Waals surface area contributed by atoms with Crippen molar-refractivity contribution in [2.75, 3.05) is 13.1 Å². The van der Waals surface area contributed by atoms with Crippen LogP contribution < -0.4 is 0 Å². The third-order valence-electron chi connectivity index (χ3n) is 4.95. The first-order valence-electron chi connectivity index (χ1n) is 9.12. The Bertz CT molecular complexity index is 996. The van der Waals surface area contributed by atoms with Crippen LogP contribution in [0.25, 0.3) is 11.5 Å². The molecule has 0 saturated carbocycles. The molecule has 0 atom stereocenters. The second-order valence-corrected chi connectivity index (χ2v) is 6.84. The Morgan fingerprint density at radius 3 is 2.52 bits per heavy atom. The number of amides is 1. The second-order valence-electron chi connectivity index (χ2n) is 6.84. The second kappa shape index (κ2) is 7.65. The van der Waals surface area contributed by atoms with Gasteiger partial charge in [0.2, 0.25) is 0 Å². The quantitative estimate of drug-likeness (QED) is 0.658. The number of hydrogen-bond acceptors (Lipinski definition) is 5. The summed E-state index contributed by atoms with van der Waals surface area (Å²) in [5.74, 6) is 0.605. The molecule has 1 amide bonds. The number of carbonyl (C=O) groups is 1. The zero-order valence-corrected chi connectivity index (χ0v) is 15.3. The first-order chi connectivity index (χ1) is 13.9. The van der Waals surface area contributed by atoms with Crippen LogP contribution in [0.1, 0.15) is 40.5 Å². The van der Waals surface area contributed by atoms with Gasteiger partial charge in [0.15, 0.2) is 5.82 Å². The van der Waals surface area contributed by atoms with Crippen LogP contribution in [0.15, 0.2) is 53.3 Å². The van der Waals surface area contributed by atoms with Gasteiger partial charge in [-0.05, 0) is 43.2 Å². The van der Waals surface area contributed by atoms with E-state index in [2.05, 4.69) is 15.1 Å². The summed E-state index contributed by atoms with van der Waals surface area (Å²) in [6.45, 7) is 0.831. The van der Waals surface area contributed by atoms with E-state index in [1.165, 1.54) is 12.1 Å². The van der Waals surface area contributed by atoms with Gasteiger partial charge >= 0.3 is 6.18 Å². The summed E-state index contributed by atoms with van der Waals surface area (Å²) in [6.07, 6.45) is 0.0165. The predicted octanol–water partition coefficient (Wildman–Crippen LogP) is 4.17. The number of alkyl halides is 3. The molecule has 0 unspecified atom stereocenters. The van der Waals surface area contributed by atoms with Crippen molar-refractivity contribution < 1.29 is 22.5 Å². The molecule has 0 N–H and O–H groups in total. The Kier molecular flexibility index (Phi) is 5.04. The van der Waals surface area contributed by atoms with Crippen molar-refractivity contribution in [3.8, 4) is 11.5 Å². The number of halogens is 3. The van der Waals surface area contributed by atoms with E-state index < -0.39 is 17.6 Å². The maximum Gasteiger partial charge on any atom is 0.416 e. The lowest BCUT2D eigenvalue weighted by Gasteiger charge is -2.30. The number of aromatic nitrogens is 3. The van der Waals surface area contributed by atoms with Gasteiger partial charge in [-0.2, -0.15) is 18.2 Å². The fraction of sp³-hybridized carbons (Fsp3) is 0.300. The third kappa shape index (κ3) is 4.13. The molecule has 1 fully saturated rings. The van der Waals surface area contributed by atoms with Crippen LogP contribution in [-0.2, 0) is 6.18 Å². The summed E-state index contributed by atoms with van der Waals surface area (Å²) in [7, 11) is 0. The van der Waals surface area contributed by atoms with Crippen molar-refractivity contribution in [1.82, 2.24) is 20.0 Å². The monoisotopic (exact) mass is 402 g/mol. The van der Waals surface area contributed by atoms with Crippen LogP contribution in [0.5, 0.6) is 0 Å². The summed E-state index contributed by atoms with van der Waals surface area (Å²) in [5.41, 5.74) is -0.0117. The first kappa shape index (κ1) is 19.1. The lowest BCUT2D eigenvalue weighted by atomic mass is 9.95. The van der Waals surface area contributed by atoms with Crippen molar-refractivity contribution >= 4 is 5.91 Å². The lowest BCUT2D eigenvalue weighted by molar-refractivity contribution is -0.137. The zero-order valence-electron chi connectivity index (χ0n) is 15.3. The molecular weight excluding hydrogens is 385 g/mol. The van der Waals surface area contributed by atoms with Gasteiger partial charge < -0.3 is 9.42 Å². The van der Waals surface area contributed by atoms with E-state index in [0.717, 1.165) is 17.7 Å². The molecule has 1 saturated heterocycles. The van der Waals surface area contributed by atoms with E-state index in [1.807, 2.05) is 0 Å². The normalized spacial score (nSPS) is 15.5. The summed E-state index contributed by atoms with van der Waals surface area (Å²) >= 11 is 0. The highest BCUT2D eigenvalue weighted by Gasteiger charge is 2.32. The molecule has 29 heavy (non-hydrogen) atoms. The van der Waals surface area contributed by atoms with Gasteiger partial charge in [0.25, 0.3) is 11.8 Å². The molecule has 6 nitrogen and oxygen atoms in total. The number of piperidine rings is 1. The van der Waals surface area contributed by atoms with Crippen LogP contribution in [0.4, 0.5) is 13.2 Å². The smallest absolute Gasteiger partial charge is 0.339 e. The molecular formula is C20H17F3N4O2. The van der Waals surface area contributed by atoms with Gasteiger partial charge in [-0.3, -0.25) is 9.78 Å². The molecule has 150 valence electrons. The predicted molar refractivity (Wildman–Crippen MR) is 96.9 cm³/mol. The van der Waals surface area contributed by atoms with Crippen molar-refractivity contribution in [2.24, 2.45) is 0 Å². The molecule has 0 bridgehead atoms. The van der Waals surface area contributed by atoms with Crippen LogP contribution in [0.3, 0.4) is 0 Å². The van der Waals surface area contributed by atoms with Gasteiger partial charge in [0.05, 0.1) is 5.56 Å². The molecule has 4 rings (SSSR count). The summed E-state index contributed by atoms with van der Waals surface area (Å²) < 4.78 is 44.0. The fourth-order valence-electron chi connectivity index (χ4n) is 3.36. The van der Waals surface area contributed by atoms with E-state index in [0.29, 0.717) is 37.6 Å². The number of rotatable bonds is 3. The van der Waals surface area contributed by atoms with Crippen molar-refractivity contribution in [3.05, 3.63) is 65.7 Å². The van der Waals surface area contributed by atoms with Gasteiger partial charge in [-0.15, -0.1) is 0 Å². The number of likely N-dealkylation sites (tertiary alicyclic amines) is 1. The lowest BCUT2D eigenvalue weighted by Crippen LogP contribution is -2.38. The number of carbonyl (C=O) groups excluding carboxylic acids is 1. The van der Waals surface area contributed by atoms with E-state index in [-0.39, 0.29) is 11.5 Å². The average molecular weight is 402 g/mol. The van der Waals surface area contributed by atoms with Crippen molar-refractivity contribution in [2.45, 2.75) is 24.9 Å². The van der Waals surface area contributed by atoms with Gasteiger partial charge in [-0.1, -0.05) is 11.2 Å². The van der Waals surface area contributed by atoms with E-state index >= 15 is 0 Å². The highest BCUT2D eigenvalue weighted by atomic mass is 19.4. The molecule has 3 aromatic rings. The first-order valence-corrected chi connectivity index (χ1v) is 9.12. The molecule has 9 heteroatoms. The Balaban J connectivity index is 1.41. The molecule has 1 aromatic carbocycles. The van der Waals surface area contributed by atoms with E-state index in [1.54, 1.807) is 29.4 Å². The van der Waals surface area contributed by atoms with Crippen LogP contribution >= 0.6 is 0 Å². The average Bonchev–Trinajstić information content (AvgIpc) is 3.24. The minimum absolute atomic E-state index is 0.0277. The highest BCUT2D eigenvalue weighted by molar-refractivity contribution is 5.94. The summed E-state index contributed by atoms with van der Waals surface area (Å²) in [5, 5.41) is 4.05. The van der Waals surface area contributed by atoms with Crippen molar-refractivity contribution in [3.63, 3.8) is 0 Å². The summed E-state index contributed by atoms with van der Waals surface area (Å²) in [6, 6.07) is 8.06. The Morgan fingerprint density at radius 1 is 1.10 bits per heavy atom. The standard InChI is InChI=1S/C20H17F3N4O2/c21-20(22,23)16-3-1-2-15(12-16)19(28)27-10-6-13(7-11-27)17-25-18(29-26-17)14-4-8-24-9-5-14/h1-5,8-9,12-13H,6-7,10-11H2. The molecule has 1 aliphatic rings. The van der Waals surface area contributed by atoms with E-state index in [9.17, 15) is 18.0 Å². The molecule has 3 heterocycles. The number of nitrogens with zero attached hydrogens (tertiary/aromatic N) is 4. The molecule has 0 radical (unpaired) electrons. The topological polar surface area (TPSA) is 72.1 Å². The maximum absolute atomic E-state index is 12.9. The summed E-state index contributed by atoms with van der Waals surface area (Å²) in [4.78, 5) is 22.6. The van der Waals surface area contributed by atoms with E-state index in [4.69, 9.17) is 4.52 Å². The molecule has 1 aliphatic heterocycles. The minimum Gasteiger partial charge on any atom is -0.339 e. The third-order valence-corrected chi connectivity index (χ3v) is 4.95. The van der Waals surface area contributed by atoms with Crippen LogP contribution in [0.2, 0.25) is 0 Å². The zero-order chi connectivity index (χ0) is 20.4. The Morgan fingerprint density at radius 2 is 1.83 bits per heavy atom. The van der Waals surface area contributed by atoms with Crippen LogP contribution in [-0.4, -0.2) is 39.0 Å². The molecule has 2 aromatic heterocycles. The van der Waals surface area contributed by atoms with Gasteiger partial charge in [-0.25, -0.2) is 0 Å². The highest BCUT2D eigenvalue weighted by Crippen LogP contribution is 2.31. The fourth-order valence-corrected chi connectivity index (χ4v) is 3.36. The SMILES string of the molecule is O=C(c1cccc(C(F)(F)F)c1)N1CCC(c2noc(-c3ccncc3)n2)CC1.